The summed E-state index contributed by atoms with van der Waals surface area (Å²) in [6.07, 6.45) is 6.81. The highest BCUT2D eigenvalue weighted by molar-refractivity contribution is 5.97. The minimum absolute atomic E-state index is 0.0367. The number of para-hydroxylation sites is 1. The molecular formula is C39H44N8O6. The number of benzene rings is 2. The lowest BCUT2D eigenvalue weighted by atomic mass is 10.0. The van der Waals surface area contributed by atoms with Gasteiger partial charge in [-0.1, -0.05) is 73.5 Å². The van der Waals surface area contributed by atoms with Crippen molar-refractivity contribution in [2.24, 2.45) is 5.92 Å². The molecule has 3 N–H and O–H groups in total. The maximum Gasteiger partial charge on any atom is 0.408 e. The third-order valence-corrected chi connectivity index (χ3v) is 10.1. The summed E-state index contributed by atoms with van der Waals surface area (Å²) < 4.78 is 5.50. The third-order valence-electron chi connectivity index (χ3n) is 10.1. The second-order valence-electron chi connectivity index (χ2n) is 15.1. The van der Waals surface area contributed by atoms with Gasteiger partial charge in [-0.15, -0.1) is 10.2 Å². The molecule has 1 aliphatic carbocycles. The van der Waals surface area contributed by atoms with E-state index in [4.69, 9.17) is 14.8 Å². The maximum atomic E-state index is 14.4. The highest BCUT2D eigenvalue weighted by Gasteiger charge is 2.61. The Morgan fingerprint density at radius 1 is 1.04 bits per heavy atom. The number of carbonyl (C=O) groups excluding carboxylic acids is 3. The molecular weight excluding hydrogens is 676 g/mol. The van der Waals surface area contributed by atoms with Crippen molar-refractivity contribution in [1.29, 1.82) is 0 Å². The molecule has 7 rings (SSSR count). The Kier molecular flexibility index (Phi) is 9.71. The van der Waals surface area contributed by atoms with Crippen LogP contribution in [0.4, 0.5) is 4.79 Å². The Balaban J connectivity index is 1.22. The van der Waals surface area contributed by atoms with Crippen molar-refractivity contribution in [3.63, 3.8) is 0 Å². The number of tetrazole rings is 1. The average Bonchev–Trinajstić information content (AvgIpc) is 3.42. The number of alkyl carbamates (subject to hydrolysis) is 1. The lowest BCUT2D eigenvalue weighted by Crippen LogP contribution is -2.56. The second kappa shape index (κ2) is 14.4. The molecule has 2 fully saturated rings. The van der Waals surface area contributed by atoms with Crippen LogP contribution in [-0.4, -0.2) is 88.8 Å². The van der Waals surface area contributed by atoms with Crippen molar-refractivity contribution in [2.45, 2.75) is 95.0 Å². The number of ether oxygens (including phenoxy) is 1. The van der Waals surface area contributed by atoms with Gasteiger partial charge >= 0.3 is 12.1 Å². The van der Waals surface area contributed by atoms with Crippen LogP contribution in [0.5, 0.6) is 0 Å². The van der Waals surface area contributed by atoms with E-state index in [2.05, 4.69) is 20.9 Å². The van der Waals surface area contributed by atoms with Crippen LogP contribution in [0.2, 0.25) is 0 Å². The fraction of sp³-hybridized carbons (Fsp3) is 0.436. The zero-order valence-electron chi connectivity index (χ0n) is 30.1. The topological polar surface area (TPSA) is 182 Å². The monoisotopic (exact) mass is 720 g/mol. The molecule has 0 radical (unpaired) electrons. The van der Waals surface area contributed by atoms with Crippen LogP contribution in [0, 0.1) is 5.92 Å². The smallest absolute Gasteiger partial charge is 0.408 e. The maximum absolute atomic E-state index is 14.4. The van der Waals surface area contributed by atoms with Gasteiger partial charge in [-0.3, -0.25) is 9.59 Å². The number of amides is 3. The summed E-state index contributed by atoms with van der Waals surface area (Å²) in [7, 11) is 0. The number of carboxylic acids is 1. The van der Waals surface area contributed by atoms with Crippen molar-refractivity contribution in [3.05, 3.63) is 72.8 Å². The number of carbonyl (C=O) groups is 4. The summed E-state index contributed by atoms with van der Waals surface area (Å²) in [4.78, 5) is 61.7. The van der Waals surface area contributed by atoms with Crippen LogP contribution in [0.1, 0.15) is 71.8 Å². The summed E-state index contributed by atoms with van der Waals surface area (Å²) >= 11 is 0. The van der Waals surface area contributed by atoms with Crippen molar-refractivity contribution in [3.8, 4) is 22.6 Å². The SMILES string of the molecule is CC(C)(C)OC(=O)N[C@H]1CCCCC/C=C\[C@H]2C[C@@]2(C(=O)O)NC(=O)[C@@H]2C[C@@H](n3nnc(-c4cc(-c5ccccc5)nc5ccccc45)n3)CN2C1=O. The van der Waals surface area contributed by atoms with Gasteiger partial charge in [0.15, 0.2) is 0 Å². The van der Waals surface area contributed by atoms with E-state index in [1.54, 1.807) is 20.8 Å². The number of aliphatic carboxylic acids is 1. The summed E-state index contributed by atoms with van der Waals surface area (Å²) in [5.74, 6) is -2.17. The number of hydrogen-bond donors (Lipinski definition) is 3. The molecule has 0 spiro atoms. The van der Waals surface area contributed by atoms with E-state index in [0.29, 0.717) is 18.7 Å². The van der Waals surface area contributed by atoms with E-state index < -0.39 is 53.1 Å². The van der Waals surface area contributed by atoms with E-state index in [-0.39, 0.29) is 25.3 Å². The van der Waals surface area contributed by atoms with Gasteiger partial charge < -0.3 is 25.4 Å². The first-order chi connectivity index (χ1) is 25.4. The van der Waals surface area contributed by atoms with Crippen molar-refractivity contribution in [1.82, 2.24) is 40.7 Å². The normalized spacial score (nSPS) is 25.7. The lowest BCUT2D eigenvalue weighted by Gasteiger charge is -2.30. The fourth-order valence-corrected chi connectivity index (χ4v) is 7.30. The van der Waals surface area contributed by atoms with Crippen LogP contribution in [0.25, 0.3) is 33.5 Å². The van der Waals surface area contributed by atoms with Gasteiger partial charge in [-0.05, 0) is 63.8 Å². The van der Waals surface area contributed by atoms with Crippen LogP contribution in [-0.2, 0) is 19.1 Å². The van der Waals surface area contributed by atoms with Gasteiger partial charge in [0.05, 0.1) is 17.3 Å². The molecule has 4 heterocycles. The van der Waals surface area contributed by atoms with Gasteiger partial charge in [0.1, 0.15) is 23.2 Å². The van der Waals surface area contributed by atoms with Crippen molar-refractivity contribution >= 4 is 34.8 Å². The quantitative estimate of drug-likeness (QED) is 0.236. The molecule has 14 nitrogen and oxygen atoms in total. The molecule has 0 bridgehead atoms. The van der Waals surface area contributed by atoms with E-state index in [1.807, 2.05) is 72.8 Å². The zero-order valence-corrected chi connectivity index (χ0v) is 30.1. The summed E-state index contributed by atoms with van der Waals surface area (Å²) in [6, 6.07) is 16.8. The average molecular weight is 721 g/mol. The second-order valence-corrected chi connectivity index (χ2v) is 15.1. The third kappa shape index (κ3) is 7.62. The largest absolute Gasteiger partial charge is 0.479 e. The van der Waals surface area contributed by atoms with Gasteiger partial charge in [-0.2, -0.15) is 4.80 Å². The predicted molar refractivity (Wildman–Crippen MR) is 195 cm³/mol. The Hall–Kier alpha value is -5.66. The first-order valence-corrected chi connectivity index (χ1v) is 18.2. The molecule has 3 amide bonds. The lowest BCUT2D eigenvalue weighted by molar-refractivity contribution is -0.145. The predicted octanol–water partition coefficient (Wildman–Crippen LogP) is 5.07. The molecule has 14 heteroatoms. The molecule has 53 heavy (non-hydrogen) atoms. The molecule has 1 saturated heterocycles. The molecule has 4 aromatic rings. The molecule has 5 atom stereocenters. The van der Waals surface area contributed by atoms with Crippen molar-refractivity contribution in [2.75, 3.05) is 6.54 Å². The number of nitrogens with one attached hydrogen (secondary N) is 2. The number of nitrogens with zero attached hydrogens (tertiary/aromatic N) is 6. The molecule has 2 aromatic heterocycles. The van der Waals surface area contributed by atoms with Crippen LogP contribution in [0.15, 0.2) is 72.8 Å². The van der Waals surface area contributed by atoms with Gasteiger partial charge in [0.25, 0.3) is 0 Å². The molecule has 3 aliphatic rings. The number of allylic oxidation sites excluding steroid dienone is 1. The molecule has 2 aliphatic heterocycles. The minimum Gasteiger partial charge on any atom is -0.479 e. The summed E-state index contributed by atoms with van der Waals surface area (Å²) in [5.41, 5.74) is 0.919. The number of aromatic nitrogens is 5. The Bertz CT molecular complexity index is 2060. The highest BCUT2D eigenvalue weighted by atomic mass is 16.6. The number of pyridine rings is 1. The Labute approximate surface area is 307 Å². The first-order valence-electron chi connectivity index (χ1n) is 18.2. The Morgan fingerprint density at radius 3 is 2.58 bits per heavy atom. The van der Waals surface area contributed by atoms with E-state index in [1.165, 1.54) is 9.70 Å². The first kappa shape index (κ1) is 35.7. The molecule has 2 aromatic carbocycles. The Morgan fingerprint density at radius 2 is 1.81 bits per heavy atom. The van der Waals surface area contributed by atoms with E-state index in [0.717, 1.165) is 47.0 Å². The molecule has 276 valence electrons. The van der Waals surface area contributed by atoms with Gasteiger partial charge in [0.2, 0.25) is 17.6 Å². The van der Waals surface area contributed by atoms with E-state index >= 15 is 0 Å². The zero-order chi connectivity index (χ0) is 37.3. The molecule has 1 saturated carbocycles. The molecule has 0 unspecified atom stereocenters. The fourth-order valence-electron chi connectivity index (χ4n) is 7.30. The van der Waals surface area contributed by atoms with Gasteiger partial charge in [0, 0.05) is 35.4 Å². The number of hydrogen-bond acceptors (Lipinski definition) is 9. The van der Waals surface area contributed by atoms with Crippen molar-refractivity contribution < 1.29 is 29.0 Å². The highest BCUT2D eigenvalue weighted by Crippen LogP contribution is 2.45. The van der Waals surface area contributed by atoms with Gasteiger partial charge in [-0.25, -0.2) is 14.6 Å². The number of fused-ring (bicyclic) bond motifs is 3. The standard InChI is InChI=1S/C39H44N8O6/c1-38(2,3)53-37(52)41-30-19-11-6-4-5-10-16-25-22-39(25,36(50)51)42-34(48)32-20-26(23-46(32)35(30)49)47-44-33(43-45-47)28-21-31(24-14-8-7-9-15-24)40-29-18-13-12-17-27(28)29/h7-10,12-18,21,25-26,30,32H,4-6,11,19-20,22-23H2,1-3H3,(H,41,52)(H,42,48)(H,50,51)/b16-10-/t25-,26+,30-,32-,39+/m0/s1. The van der Waals surface area contributed by atoms with Crippen LogP contribution < -0.4 is 10.6 Å². The number of rotatable bonds is 5. The minimum atomic E-state index is -1.45. The summed E-state index contributed by atoms with van der Waals surface area (Å²) in [6.45, 7) is 5.26. The summed E-state index contributed by atoms with van der Waals surface area (Å²) in [5, 5.41) is 30.2. The number of carboxylic acid groups (broad SMARTS) is 1. The van der Waals surface area contributed by atoms with Crippen LogP contribution in [0.3, 0.4) is 0 Å². The van der Waals surface area contributed by atoms with Crippen LogP contribution >= 0.6 is 0 Å². The van der Waals surface area contributed by atoms with E-state index in [9.17, 15) is 24.3 Å².